The number of hydrogen-bond acceptors (Lipinski definition) is 4. The van der Waals surface area contributed by atoms with Gasteiger partial charge >= 0.3 is 0 Å². The van der Waals surface area contributed by atoms with Crippen LogP contribution in [0.5, 0.6) is 5.75 Å². The van der Waals surface area contributed by atoms with Crippen molar-refractivity contribution >= 4 is 11.3 Å². The number of aromatic nitrogens is 1. The van der Waals surface area contributed by atoms with E-state index >= 15 is 0 Å². The topological polar surface area (TPSA) is 34.1 Å². The van der Waals surface area contributed by atoms with Crippen LogP contribution in [0.3, 0.4) is 0 Å². The Bertz CT molecular complexity index is 547. The molecule has 4 heteroatoms. The number of thiazole rings is 1. The molecule has 1 aromatic carbocycles. The molecule has 1 atom stereocenters. The van der Waals surface area contributed by atoms with Crippen LogP contribution in [0.2, 0.25) is 0 Å². The van der Waals surface area contributed by atoms with E-state index in [9.17, 15) is 0 Å². The van der Waals surface area contributed by atoms with Crippen molar-refractivity contribution in [3.05, 3.63) is 35.3 Å². The molecule has 1 unspecified atom stereocenters. The Morgan fingerprint density at radius 2 is 2.32 bits per heavy atom. The van der Waals surface area contributed by atoms with Crippen LogP contribution in [0.4, 0.5) is 0 Å². The first-order chi connectivity index (χ1) is 9.38. The summed E-state index contributed by atoms with van der Waals surface area (Å²) in [7, 11) is 0. The lowest BCUT2D eigenvalue weighted by Crippen LogP contribution is -2.12. The van der Waals surface area contributed by atoms with Crippen molar-refractivity contribution in [2.24, 2.45) is 0 Å². The summed E-state index contributed by atoms with van der Waals surface area (Å²) in [5.41, 5.74) is 2.27. The van der Waals surface area contributed by atoms with Crippen molar-refractivity contribution in [1.82, 2.24) is 10.3 Å². The number of nitrogens with zero attached hydrogens (tertiary/aromatic N) is 1. The molecular formula is C15H18N2OS. The lowest BCUT2D eigenvalue weighted by atomic mass is 10.2. The maximum absolute atomic E-state index is 5.68. The van der Waals surface area contributed by atoms with Gasteiger partial charge in [0.1, 0.15) is 10.8 Å². The Balaban J connectivity index is 1.89. The van der Waals surface area contributed by atoms with E-state index in [1.165, 1.54) is 18.5 Å². The van der Waals surface area contributed by atoms with Gasteiger partial charge in [-0.25, -0.2) is 4.98 Å². The monoisotopic (exact) mass is 274 g/mol. The van der Waals surface area contributed by atoms with E-state index in [2.05, 4.69) is 16.8 Å². The van der Waals surface area contributed by atoms with Gasteiger partial charge in [-0.3, -0.25) is 0 Å². The van der Waals surface area contributed by atoms with E-state index in [1.807, 2.05) is 25.1 Å². The van der Waals surface area contributed by atoms with Gasteiger partial charge in [0.2, 0.25) is 0 Å². The van der Waals surface area contributed by atoms with Crippen molar-refractivity contribution in [2.75, 3.05) is 13.2 Å². The molecule has 100 valence electrons. The lowest BCUT2D eigenvalue weighted by molar-refractivity contribution is 0.341. The van der Waals surface area contributed by atoms with Crippen LogP contribution in [0.15, 0.2) is 29.6 Å². The molecule has 1 N–H and O–H groups in total. The van der Waals surface area contributed by atoms with Crippen molar-refractivity contribution in [3.63, 3.8) is 0 Å². The van der Waals surface area contributed by atoms with Crippen molar-refractivity contribution < 1.29 is 4.74 Å². The Kier molecular flexibility index (Phi) is 3.80. The van der Waals surface area contributed by atoms with E-state index in [1.54, 1.807) is 11.3 Å². The van der Waals surface area contributed by atoms with Crippen molar-refractivity contribution in [1.29, 1.82) is 0 Å². The smallest absolute Gasteiger partial charge is 0.129 e. The highest BCUT2D eigenvalue weighted by Gasteiger charge is 2.20. The number of benzene rings is 1. The molecule has 1 aliphatic rings. The quantitative estimate of drug-likeness (QED) is 0.924. The molecule has 19 heavy (non-hydrogen) atoms. The SMILES string of the molecule is CCOc1ccccc1-c1nc(C2CCCN2)cs1. The van der Waals surface area contributed by atoms with Gasteiger partial charge in [-0.1, -0.05) is 12.1 Å². The van der Waals surface area contributed by atoms with Crippen LogP contribution < -0.4 is 10.1 Å². The number of ether oxygens (including phenoxy) is 1. The number of rotatable bonds is 4. The fourth-order valence-corrected chi connectivity index (χ4v) is 3.33. The highest BCUT2D eigenvalue weighted by molar-refractivity contribution is 7.13. The van der Waals surface area contributed by atoms with Gasteiger partial charge in [0.25, 0.3) is 0 Å². The predicted molar refractivity (Wildman–Crippen MR) is 78.7 cm³/mol. The molecule has 0 amide bonds. The molecule has 3 nitrogen and oxygen atoms in total. The predicted octanol–water partition coefficient (Wildman–Crippen LogP) is 3.63. The molecule has 3 rings (SSSR count). The standard InChI is InChI=1S/C15H18N2OS/c1-2-18-14-8-4-3-6-11(14)15-17-13(10-19-15)12-7-5-9-16-12/h3-4,6,8,10,12,16H,2,5,7,9H2,1H3. The van der Waals surface area contributed by atoms with Gasteiger partial charge in [-0.2, -0.15) is 0 Å². The molecule has 1 aromatic heterocycles. The Labute approximate surface area is 117 Å². The zero-order valence-electron chi connectivity index (χ0n) is 11.1. The van der Waals surface area contributed by atoms with Crippen LogP contribution >= 0.6 is 11.3 Å². The molecule has 1 saturated heterocycles. The third kappa shape index (κ3) is 2.65. The minimum Gasteiger partial charge on any atom is -0.493 e. The molecule has 2 aromatic rings. The van der Waals surface area contributed by atoms with Gasteiger partial charge in [0, 0.05) is 5.38 Å². The summed E-state index contributed by atoms with van der Waals surface area (Å²) in [6, 6.07) is 8.56. The number of hydrogen-bond donors (Lipinski definition) is 1. The van der Waals surface area contributed by atoms with E-state index in [0.29, 0.717) is 12.6 Å². The average Bonchev–Trinajstić information content (AvgIpc) is 3.11. The van der Waals surface area contributed by atoms with Gasteiger partial charge in [0.05, 0.1) is 23.9 Å². The van der Waals surface area contributed by atoms with Crippen LogP contribution in [-0.2, 0) is 0 Å². The largest absolute Gasteiger partial charge is 0.493 e. The first-order valence-corrected chi connectivity index (χ1v) is 7.67. The summed E-state index contributed by atoms with van der Waals surface area (Å²) in [5, 5.41) is 6.71. The molecule has 1 fully saturated rings. The maximum atomic E-state index is 5.68. The van der Waals surface area contributed by atoms with Crippen LogP contribution in [0, 0.1) is 0 Å². The Morgan fingerprint density at radius 1 is 1.42 bits per heavy atom. The van der Waals surface area contributed by atoms with E-state index in [4.69, 9.17) is 9.72 Å². The summed E-state index contributed by atoms with van der Waals surface area (Å²) >= 11 is 1.70. The van der Waals surface area contributed by atoms with Gasteiger partial charge in [-0.15, -0.1) is 11.3 Å². The lowest BCUT2D eigenvalue weighted by Gasteiger charge is -2.08. The molecular weight excluding hydrogens is 256 g/mol. The molecule has 0 aliphatic carbocycles. The molecule has 0 spiro atoms. The minimum absolute atomic E-state index is 0.434. The van der Waals surface area contributed by atoms with E-state index < -0.39 is 0 Å². The summed E-state index contributed by atoms with van der Waals surface area (Å²) < 4.78 is 5.68. The molecule has 0 bridgehead atoms. The van der Waals surface area contributed by atoms with Crippen molar-refractivity contribution in [3.8, 4) is 16.3 Å². The van der Waals surface area contributed by atoms with E-state index in [0.717, 1.165) is 22.9 Å². The zero-order valence-corrected chi connectivity index (χ0v) is 11.9. The average molecular weight is 274 g/mol. The molecule has 0 saturated carbocycles. The fourth-order valence-electron chi connectivity index (χ4n) is 2.43. The second kappa shape index (κ2) is 5.72. The first-order valence-electron chi connectivity index (χ1n) is 6.79. The second-order valence-corrected chi connectivity index (χ2v) is 5.51. The minimum atomic E-state index is 0.434. The van der Waals surface area contributed by atoms with Gasteiger partial charge in [-0.05, 0) is 38.4 Å². The molecule has 2 heterocycles. The van der Waals surface area contributed by atoms with Crippen molar-refractivity contribution in [2.45, 2.75) is 25.8 Å². The van der Waals surface area contributed by atoms with Crippen LogP contribution in [0.1, 0.15) is 31.5 Å². The number of nitrogens with one attached hydrogen (secondary N) is 1. The zero-order chi connectivity index (χ0) is 13.1. The third-order valence-corrected chi connectivity index (χ3v) is 4.25. The van der Waals surface area contributed by atoms with Crippen LogP contribution in [-0.4, -0.2) is 18.1 Å². The third-order valence-electron chi connectivity index (χ3n) is 3.36. The second-order valence-electron chi connectivity index (χ2n) is 4.66. The summed E-state index contributed by atoms with van der Waals surface area (Å²) in [6.45, 7) is 3.79. The summed E-state index contributed by atoms with van der Waals surface area (Å²) in [6.07, 6.45) is 2.43. The van der Waals surface area contributed by atoms with Crippen LogP contribution in [0.25, 0.3) is 10.6 Å². The van der Waals surface area contributed by atoms with Gasteiger partial charge < -0.3 is 10.1 Å². The highest BCUT2D eigenvalue weighted by atomic mass is 32.1. The first kappa shape index (κ1) is 12.6. The summed E-state index contributed by atoms with van der Waals surface area (Å²) in [5.74, 6) is 0.922. The fraction of sp³-hybridized carbons (Fsp3) is 0.400. The summed E-state index contributed by atoms with van der Waals surface area (Å²) in [4.78, 5) is 4.78. The molecule has 0 radical (unpaired) electrons. The van der Waals surface area contributed by atoms with Gasteiger partial charge in [0.15, 0.2) is 0 Å². The number of para-hydroxylation sites is 1. The maximum Gasteiger partial charge on any atom is 0.129 e. The molecule has 1 aliphatic heterocycles. The highest BCUT2D eigenvalue weighted by Crippen LogP contribution is 2.34. The van der Waals surface area contributed by atoms with E-state index in [-0.39, 0.29) is 0 Å². The normalized spacial score (nSPS) is 18.7. The Hall–Kier alpha value is -1.39. The Morgan fingerprint density at radius 3 is 3.11 bits per heavy atom.